The molecule has 0 heterocycles. The van der Waals surface area contributed by atoms with Crippen molar-refractivity contribution in [1.82, 2.24) is 0 Å². The number of allylic oxidation sites excluding steroid dienone is 2. The van der Waals surface area contributed by atoms with Crippen LogP contribution in [0.4, 0.5) is 0 Å². The van der Waals surface area contributed by atoms with Gasteiger partial charge in [0.15, 0.2) is 0 Å². The van der Waals surface area contributed by atoms with Crippen LogP contribution in [0.25, 0.3) is 12.2 Å². The maximum atomic E-state index is 2.58. The second-order valence-corrected chi connectivity index (χ2v) is 19.5. The maximum absolute atomic E-state index is 2.58. The van der Waals surface area contributed by atoms with Gasteiger partial charge in [0.05, 0.1) is 0 Å². The SMILES string of the molecule is C1=C(P(c2ccccc2)c2ccccc2)[CH]([Zr+2][CH]2C(P(c3ccccc3)c3ccccc3)=Cc3ccccc32)c2ccccc21.[F-].[F-]. The smallest absolute Gasteiger partial charge is 1.00 e. The fourth-order valence-electron chi connectivity index (χ4n) is 6.72. The Balaban J connectivity index is 0.00000193. The second-order valence-electron chi connectivity index (χ2n) is 11.4. The first kappa shape index (κ1) is 33.3. The van der Waals surface area contributed by atoms with Crippen LogP contribution in [0.2, 0.25) is 0 Å². The Morgan fingerprint density at radius 2 is 0.617 bits per heavy atom. The largest absolute Gasteiger partial charge is 1.00 e. The minimum absolute atomic E-state index is 0. The summed E-state index contributed by atoms with van der Waals surface area (Å²) in [7, 11) is -1.31. The number of halogens is 2. The molecular formula is C42H32F2P2Zr. The van der Waals surface area contributed by atoms with E-state index in [0.717, 1.165) is 0 Å². The fourth-order valence-corrected chi connectivity index (χ4v) is 18.8. The first-order valence-corrected chi connectivity index (χ1v) is 21.0. The van der Waals surface area contributed by atoms with Crippen LogP contribution < -0.4 is 30.6 Å². The van der Waals surface area contributed by atoms with E-state index in [2.05, 4.69) is 182 Å². The molecule has 0 bridgehead atoms. The molecule has 2 aliphatic rings. The van der Waals surface area contributed by atoms with E-state index in [-0.39, 0.29) is 9.41 Å². The second kappa shape index (κ2) is 15.1. The van der Waals surface area contributed by atoms with Gasteiger partial charge in [0, 0.05) is 0 Å². The molecule has 2 unspecified atom stereocenters. The summed E-state index contributed by atoms with van der Waals surface area (Å²) in [6.45, 7) is 0. The minimum Gasteiger partial charge on any atom is -1.00 e. The molecule has 0 N–H and O–H groups in total. The van der Waals surface area contributed by atoms with E-state index >= 15 is 0 Å². The summed E-state index contributed by atoms with van der Waals surface area (Å²) in [6.07, 6.45) is 5.15. The Kier molecular flexibility index (Phi) is 10.7. The molecule has 6 aromatic rings. The number of hydrogen-bond acceptors (Lipinski definition) is 0. The average molecular weight is 728 g/mol. The van der Waals surface area contributed by atoms with E-state index < -0.39 is 39.1 Å². The molecule has 0 saturated carbocycles. The van der Waals surface area contributed by atoms with Gasteiger partial charge in [-0.15, -0.1) is 0 Å². The van der Waals surface area contributed by atoms with Crippen LogP contribution in [0.3, 0.4) is 0 Å². The monoisotopic (exact) mass is 726 g/mol. The van der Waals surface area contributed by atoms with Gasteiger partial charge < -0.3 is 9.41 Å². The quantitative estimate of drug-likeness (QED) is 0.211. The van der Waals surface area contributed by atoms with Crippen molar-refractivity contribution in [3.05, 3.63) is 203 Å². The van der Waals surface area contributed by atoms with Crippen LogP contribution in [-0.4, -0.2) is 0 Å². The van der Waals surface area contributed by atoms with Gasteiger partial charge in [-0.2, -0.15) is 0 Å². The van der Waals surface area contributed by atoms with E-state index in [1.54, 1.807) is 21.8 Å². The standard InChI is InChI=1S/2C21H16P.2FH.Zr/c2*1-3-11-19(12-4-1)22(20-13-5-2-6-14-20)21-15-17-9-7-8-10-18(17)16-21;;;/h2*1-16H;2*1H;/q;;;;+2/p-2. The van der Waals surface area contributed by atoms with Gasteiger partial charge in [0.2, 0.25) is 0 Å². The van der Waals surface area contributed by atoms with Gasteiger partial charge in [0.1, 0.15) is 0 Å². The summed E-state index contributed by atoms with van der Waals surface area (Å²) < 4.78 is 0.999. The first-order valence-electron chi connectivity index (χ1n) is 15.5. The molecule has 2 atom stereocenters. The fraction of sp³-hybridized carbons (Fsp3) is 0.0476. The van der Waals surface area contributed by atoms with Crippen LogP contribution >= 0.6 is 15.8 Å². The van der Waals surface area contributed by atoms with Crippen molar-refractivity contribution < 1.29 is 32.6 Å². The molecule has 0 aromatic heterocycles. The van der Waals surface area contributed by atoms with Crippen molar-refractivity contribution >= 4 is 49.2 Å². The molecule has 0 spiro atoms. The number of benzene rings is 6. The number of fused-ring (bicyclic) bond motifs is 2. The minimum atomic E-state index is -1.16. The Morgan fingerprint density at radius 1 is 0.340 bits per heavy atom. The molecule has 0 nitrogen and oxygen atoms in total. The molecule has 228 valence electrons. The molecule has 47 heavy (non-hydrogen) atoms. The summed E-state index contributed by atoms with van der Waals surface area (Å²) in [5, 5.41) is 9.06. The molecule has 0 saturated heterocycles. The van der Waals surface area contributed by atoms with Crippen LogP contribution in [0.1, 0.15) is 29.5 Å². The van der Waals surface area contributed by atoms with Crippen molar-refractivity contribution in [2.45, 2.75) is 7.25 Å². The summed E-state index contributed by atoms with van der Waals surface area (Å²) in [5.74, 6) is 0. The third-order valence-corrected chi connectivity index (χ3v) is 19.7. The Bertz CT molecular complexity index is 1770. The maximum Gasteiger partial charge on any atom is -1.00 e. The molecular weight excluding hydrogens is 696 g/mol. The molecule has 0 aliphatic heterocycles. The molecule has 8 rings (SSSR count). The summed E-state index contributed by atoms with van der Waals surface area (Å²) in [4.78, 5) is 0. The van der Waals surface area contributed by atoms with E-state index in [1.807, 2.05) is 0 Å². The van der Waals surface area contributed by atoms with Gasteiger partial charge in [-0.25, -0.2) is 0 Å². The van der Waals surface area contributed by atoms with Crippen molar-refractivity contribution in [2.75, 3.05) is 0 Å². The van der Waals surface area contributed by atoms with E-state index in [0.29, 0.717) is 7.25 Å². The Labute approximate surface area is 290 Å². The molecule has 0 amide bonds. The number of hydrogen-bond donors (Lipinski definition) is 0. The zero-order valence-corrected chi connectivity index (χ0v) is 29.9. The molecule has 0 radical (unpaired) electrons. The predicted octanol–water partition coefficient (Wildman–Crippen LogP) is 3.53. The molecule has 6 aromatic carbocycles. The van der Waals surface area contributed by atoms with E-state index in [9.17, 15) is 0 Å². The zero-order valence-electron chi connectivity index (χ0n) is 25.6. The van der Waals surface area contributed by atoms with Crippen LogP contribution in [0, 0.1) is 0 Å². The van der Waals surface area contributed by atoms with Gasteiger partial charge >= 0.3 is 282 Å². The van der Waals surface area contributed by atoms with E-state index in [4.69, 9.17) is 0 Å². The normalized spacial score (nSPS) is 15.9. The van der Waals surface area contributed by atoms with Gasteiger partial charge in [-0.1, -0.05) is 0 Å². The Morgan fingerprint density at radius 3 is 0.936 bits per heavy atom. The average Bonchev–Trinajstić information content (AvgIpc) is 3.65. The van der Waals surface area contributed by atoms with Gasteiger partial charge in [0.25, 0.3) is 0 Å². The summed E-state index contributed by atoms with van der Waals surface area (Å²) in [6, 6.07) is 63.6. The van der Waals surface area contributed by atoms with Gasteiger partial charge in [-0.05, 0) is 0 Å². The van der Waals surface area contributed by atoms with Crippen molar-refractivity contribution in [3.8, 4) is 0 Å². The van der Waals surface area contributed by atoms with Crippen LogP contribution in [0.5, 0.6) is 0 Å². The first-order chi connectivity index (χ1) is 22.3. The Hall–Kier alpha value is -3.60. The van der Waals surface area contributed by atoms with Gasteiger partial charge in [-0.3, -0.25) is 0 Å². The zero-order chi connectivity index (χ0) is 30.0. The van der Waals surface area contributed by atoms with Crippen molar-refractivity contribution in [3.63, 3.8) is 0 Å². The van der Waals surface area contributed by atoms with Crippen molar-refractivity contribution in [1.29, 1.82) is 0 Å². The summed E-state index contributed by atoms with van der Waals surface area (Å²) >= 11 is -1.16. The summed E-state index contributed by atoms with van der Waals surface area (Å²) in [5.41, 5.74) is 5.93. The molecule has 0 fully saturated rings. The van der Waals surface area contributed by atoms with Crippen LogP contribution in [-0.2, 0) is 23.2 Å². The topological polar surface area (TPSA) is 0 Å². The van der Waals surface area contributed by atoms with E-state index in [1.165, 1.54) is 32.3 Å². The van der Waals surface area contributed by atoms with Crippen molar-refractivity contribution in [2.24, 2.45) is 0 Å². The third kappa shape index (κ3) is 6.60. The molecule has 2 aliphatic carbocycles. The van der Waals surface area contributed by atoms with Crippen LogP contribution in [0.15, 0.2) is 180 Å². The predicted molar refractivity (Wildman–Crippen MR) is 192 cm³/mol. The number of rotatable bonds is 8. The third-order valence-electron chi connectivity index (χ3n) is 8.72. The molecule has 5 heteroatoms.